The summed E-state index contributed by atoms with van der Waals surface area (Å²) < 4.78 is 5.62. The molecule has 2 N–H and O–H groups in total. The van der Waals surface area contributed by atoms with Crippen molar-refractivity contribution in [3.05, 3.63) is 47.2 Å². The topological polar surface area (TPSA) is 62.6 Å². The van der Waals surface area contributed by atoms with Crippen LogP contribution in [-0.2, 0) is 6.61 Å². The first-order chi connectivity index (χ1) is 10.8. The number of benzene rings is 1. The highest BCUT2D eigenvalue weighted by atomic mass is 16.5. The van der Waals surface area contributed by atoms with Gasteiger partial charge in [0.25, 0.3) is 0 Å². The Morgan fingerprint density at radius 2 is 1.83 bits per heavy atom. The molecule has 2 aromatic rings. The van der Waals surface area contributed by atoms with Gasteiger partial charge in [0.15, 0.2) is 0 Å². The summed E-state index contributed by atoms with van der Waals surface area (Å²) in [7, 11) is 0. The smallest absolute Gasteiger partial charge is 0.213 e. The fraction of sp³-hybridized carbons (Fsp3) is 0.421. The van der Waals surface area contributed by atoms with E-state index in [4.69, 9.17) is 4.74 Å². The van der Waals surface area contributed by atoms with Gasteiger partial charge in [-0.3, -0.25) is 0 Å². The number of hydrogen-bond acceptors (Lipinski definition) is 4. The second-order valence-corrected chi connectivity index (χ2v) is 6.44. The Morgan fingerprint density at radius 1 is 1.09 bits per heavy atom. The van der Waals surface area contributed by atoms with Gasteiger partial charge in [-0.2, -0.15) is 0 Å². The first-order valence-electron chi connectivity index (χ1n) is 7.84. The molecule has 2 rings (SSSR count). The average Bonchev–Trinajstić information content (AvgIpc) is 2.47. The molecule has 23 heavy (non-hydrogen) atoms. The first kappa shape index (κ1) is 17.4. The lowest BCUT2D eigenvalue weighted by Crippen LogP contribution is -2.22. The van der Waals surface area contributed by atoms with Gasteiger partial charge >= 0.3 is 0 Å². The van der Waals surface area contributed by atoms with E-state index >= 15 is 0 Å². The van der Waals surface area contributed by atoms with Crippen molar-refractivity contribution in [2.75, 3.05) is 6.61 Å². The molecule has 4 heteroatoms. The van der Waals surface area contributed by atoms with Gasteiger partial charge in [0, 0.05) is 23.7 Å². The van der Waals surface area contributed by atoms with Crippen LogP contribution in [0.5, 0.6) is 5.88 Å². The van der Waals surface area contributed by atoms with E-state index in [2.05, 4.69) is 4.98 Å². The summed E-state index contributed by atoms with van der Waals surface area (Å²) in [4.78, 5) is 4.50. The maximum absolute atomic E-state index is 9.70. The van der Waals surface area contributed by atoms with E-state index < -0.39 is 5.60 Å². The number of pyridine rings is 1. The Kier molecular flexibility index (Phi) is 5.39. The summed E-state index contributed by atoms with van der Waals surface area (Å²) in [5, 5.41) is 19.1. The second kappa shape index (κ2) is 7.11. The third-order valence-corrected chi connectivity index (χ3v) is 3.93. The zero-order chi connectivity index (χ0) is 17.0. The molecule has 0 bridgehead atoms. The molecule has 0 aliphatic heterocycles. The number of rotatable bonds is 6. The second-order valence-electron chi connectivity index (χ2n) is 6.44. The van der Waals surface area contributed by atoms with Gasteiger partial charge in [0.1, 0.15) is 0 Å². The summed E-state index contributed by atoms with van der Waals surface area (Å²) in [6, 6.07) is 9.74. The maximum atomic E-state index is 9.70. The van der Waals surface area contributed by atoms with E-state index in [1.165, 1.54) is 0 Å². The predicted octanol–water partition coefficient (Wildman–Crippen LogP) is 3.40. The molecule has 0 saturated carbocycles. The molecule has 0 atom stereocenters. The lowest BCUT2D eigenvalue weighted by molar-refractivity contribution is 0.0547. The van der Waals surface area contributed by atoms with Crippen LogP contribution < -0.4 is 4.74 Å². The molecule has 0 saturated heterocycles. The maximum Gasteiger partial charge on any atom is 0.213 e. The van der Waals surface area contributed by atoms with Crippen molar-refractivity contribution >= 4 is 0 Å². The monoisotopic (exact) mass is 315 g/mol. The first-order valence-corrected chi connectivity index (χ1v) is 7.84. The number of aliphatic hydroxyl groups excluding tert-OH is 1. The Labute approximate surface area is 137 Å². The minimum Gasteiger partial charge on any atom is -0.478 e. The van der Waals surface area contributed by atoms with Gasteiger partial charge in [0.05, 0.1) is 18.8 Å². The van der Waals surface area contributed by atoms with Crippen molar-refractivity contribution in [2.45, 2.75) is 46.3 Å². The minimum atomic E-state index is -0.739. The van der Waals surface area contributed by atoms with Gasteiger partial charge in [0.2, 0.25) is 5.88 Å². The average molecular weight is 315 g/mol. The summed E-state index contributed by atoms with van der Waals surface area (Å²) in [5.74, 6) is 0.562. The van der Waals surface area contributed by atoms with E-state index in [0.717, 1.165) is 27.9 Å². The van der Waals surface area contributed by atoms with Crippen molar-refractivity contribution in [1.29, 1.82) is 0 Å². The molecular formula is C19H25NO3. The molecule has 0 aliphatic rings. The third kappa shape index (κ3) is 4.53. The molecule has 4 nitrogen and oxygen atoms in total. The summed E-state index contributed by atoms with van der Waals surface area (Å²) in [6.45, 7) is 7.93. The van der Waals surface area contributed by atoms with E-state index in [1.54, 1.807) is 13.8 Å². The number of aryl methyl sites for hydroxylation is 1. The zero-order valence-electron chi connectivity index (χ0n) is 14.3. The van der Waals surface area contributed by atoms with Crippen molar-refractivity contribution in [1.82, 2.24) is 4.98 Å². The van der Waals surface area contributed by atoms with E-state index in [1.807, 2.05) is 44.2 Å². The lowest BCUT2D eigenvalue weighted by Gasteiger charge is -2.17. The van der Waals surface area contributed by atoms with Crippen LogP contribution in [0.3, 0.4) is 0 Å². The van der Waals surface area contributed by atoms with Crippen molar-refractivity contribution < 1.29 is 14.9 Å². The molecule has 1 heterocycles. The highest BCUT2D eigenvalue weighted by Gasteiger charge is 2.13. The lowest BCUT2D eigenvalue weighted by atomic mass is 9.96. The molecule has 0 spiro atoms. The fourth-order valence-electron chi connectivity index (χ4n) is 2.45. The predicted molar refractivity (Wildman–Crippen MR) is 91.5 cm³/mol. The normalized spacial score (nSPS) is 11.6. The van der Waals surface area contributed by atoms with E-state index in [0.29, 0.717) is 18.9 Å². The fourth-order valence-corrected chi connectivity index (χ4v) is 2.45. The number of aromatic nitrogens is 1. The van der Waals surface area contributed by atoms with Crippen molar-refractivity contribution in [3.63, 3.8) is 0 Å². The standard InChI is InChI=1S/C19H25NO3/c1-13-15(12-21)6-5-7-16(13)17-8-9-18(20-14(17)2)23-11-10-19(3,4)22/h5-9,21-22H,10-12H2,1-4H3. The van der Waals surface area contributed by atoms with Crippen LogP contribution in [0.15, 0.2) is 30.3 Å². The Bertz CT molecular complexity index is 675. The molecule has 0 fully saturated rings. The SMILES string of the molecule is Cc1nc(OCCC(C)(C)O)ccc1-c1cccc(CO)c1C. The van der Waals surface area contributed by atoms with Gasteiger partial charge < -0.3 is 14.9 Å². The molecule has 124 valence electrons. The minimum absolute atomic E-state index is 0.0320. The van der Waals surface area contributed by atoms with Gasteiger partial charge in [-0.25, -0.2) is 4.98 Å². The molecule has 0 radical (unpaired) electrons. The van der Waals surface area contributed by atoms with Crippen LogP contribution in [0.25, 0.3) is 11.1 Å². The van der Waals surface area contributed by atoms with Gasteiger partial charge in [-0.05, 0) is 50.5 Å². The van der Waals surface area contributed by atoms with Crippen LogP contribution >= 0.6 is 0 Å². The third-order valence-electron chi connectivity index (χ3n) is 3.93. The zero-order valence-corrected chi connectivity index (χ0v) is 14.3. The number of aliphatic hydroxyl groups is 2. The van der Waals surface area contributed by atoms with Gasteiger partial charge in [-0.15, -0.1) is 0 Å². The van der Waals surface area contributed by atoms with Gasteiger partial charge in [-0.1, -0.05) is 18.2 Å². The van der Waals surface area contributed by atoms with Crippen LogP contribution in [0.1, 0.15) is 37.1 Å². The Balaban J connectivity index is 2.20. The van der Waals surface area contributed by atoms with Crippen molar-refractivity contribution in [3.8, 4) is 17.0 Å². The molecule has 1 aromatic heterocycles. The number of nitrogens with zero attached hydrogens (tertiary/aromatic N) is 1. The summed E-state index contributed by atoms with van der Waals surface area (Å²) in [5.41, 5.74) is 4.24. The van der Waals surface area contributed by atoms with Crippen LogP contribution in [0.2, 0.25) is 0 Å². The largest absolute Gasteiger partial charge is 0.478 e. The molecule has 0 amide bonds. The van der Waals surface area contributed by atoms with E-state index in [-0.39, 0.29) is 6.61 Å². The van der Waals surface area contributed by atoms with Crippen molar-refractivity contribution in [2.24, 2.45) is 0 Å². The molecule has 0 unspecified atom stereocenters. The Morgan fingerprint density at radius 3 is 2.43 bits per heavy atom. The van der Waals surface area contributed by atoms with Crippen LogP contribution in [0, 0.1) is 13.8 Å². The van der Waals surface area contributed by atoms with Crippen LogP contribution in [0.4, 0.5) is 0 Å². The summed E-state index contributed by atoms with van der Waals surface area (Å²) in [6.07, 6.45) is 0.549. The quantitative estimate of drug-likeness (QED) is 0.857. The van der Waals surface area contributed by atoms with Crippen LogP contribution in [-0.4, -0.2) is 27.4 Å². The molecular weight excluding hydrogens is 290 g/mol. The number of ether oxygens (including phenoxy) is 1. The summed E-state index contributed by atoms with van der Waals surface area (Å²) >= 11 is 0. The molecule has 0 aliphatic carbocycles. The van der Waals surface area contributed by atoms with E-state index in [9.17, 15) is 10.2 Å². The number of hydrogen-bond donors (Lipinski definition) is 2. The molecule has 1 aromatic carbocycles. The Hall–Kier alpha value is -1.91. The highest BCUT2D eigenvalue weighted by molar-refractivity contribution is 5.70. The highest BCUT2D eigenvalue weighted by Crippen LogP contribution is 2.29.